The van der Waals surface area contributed by atoms with Crippen LogP contribution in [0.25, 0.3) is 0 Å². The minimum Gasteiger partial charge on any atom is -0.300 e. The number of hydrogen-bond donors (Lipinski definition) is 2. The van der Waals surface area contributed by atoms with Gasteiger partial charge in [-0.25, -0.2) is 0 Å². The number of nitrogens with zero attached hydrogens (tertiary/aromatic N) is 6. The van der Waals surface area contributed by atoms with E-state index < -0.39 is 0 Å². The molecule has 184 valence electrons. The molecule has 0 radical (unpaired) electrons. The molecule has 36 heavy (non-hydrogen) atoms. The van der Waals surface area contributed by atoms with Gasteiger partial charge in [-0.1, -0.05) is 29.1 Å². The number of nitrogens with one attached hydrogen (secondary N) is 2. The molecule has 1 aliphatic rings. The summed E-state index contributed by atoms with van der Waals surface area (Å²) in [6.07, 6.45) is 11.2. The zero-order valence-corrected chi connectivity index (χ0v) is 21.0. The molecule has 2 amide bonds. The Morgan fingerprint density at radius 2 is 1.17 bits per heavy atom. The van der Waals surface area contributed by atoms with Gasteiger partial charge in [0.1, 0.15) is 10.0 Å². The predicted octanol–water partition coefficient (Wildman–Crippen LogP) is 3.98. The lowest BCUT2D eigenvalue weighted by Gasteiger charge is -2.25. The van der Waals surface area contributed by atoms with Crippen LogP contribution in [0.3, 0.4) is 0 Å². The lowest BCUT2D eigenvalue weighted by molar-refractivity contribution is -0.116. The maximum absolute atomic E-state index is 12.3. The maximum Gasteiger partial charge on any atom is 0.230 e. The van der Waals surface area contributed by atoms with Gasteiger partial charge in [-0.3, -0.25) is 19.6 Å². The smallest absolute Gasteiger partial charge is 0.230 e. The molecule has 1 saturated carbocycles. The summed E-state index contributed by atoms with van der Waals surface area (Å²) >= 11 is 2.86. The summed E-state index contributed by atoms with van der Waals surface area (Å²) in [6, 6.07) is 7.27. The van der Waals surface area contributed by atoms with Crippen LogP contribution in [0, 0.1) is 0 Å². The number of rotatable bonds is 8. The zero-order chi connectivity index (χ0) is 24.7. The van der Waals surface area contributed by atoms with E-state index in [9.17, 15) is 9.59 Å². The summed E-state index contributed by atoms with van der Waals surface area (Å²) in [6.45, 7) is 0. The molecule has 10 nitrogen and oxygen atoms in total. The maximum atomic E-state index is 12.3. The summed E-state index contributed by atoms with van der Waals surface area (Å²) in [5.74, 6) is 0.247. The Hall–Kier alpha value is -3.64. The quantitative estimate of drug-likeness (QED) is 0.356. The molecule has 0 aromatic carbocycles. The van der Waals surface area contributed by atoms with Gasteiger partial charge in [-0.2, -0.15) is 0 Å². The van der Waals surface area contributed by atoms with Crippen LogP contribution in [-0.2, 0) is 22.4 Å². The second-order valence-corrected chi connectivity index (χ2v) is 10.6. The number of anilines is 2. The molecule has 0 aliphatic heterocycles. The Balaban J connectivity index is 1.15. The van der Waals surface area contributed by atoms with Crippen molar-refractivity contribution in [2.75, 3.05) is 10.6 Å². The normalized spacial score (nSPS) is 17.4. The van der Waals surface area contributed by atoms with Crippen molar-refractivity contribution in [2.45, 2.75) is 50.4 Å². The van der Waals surface area contributed by atoms with Gasteiger partial charge >= 0.3 is 0 Å². The molecule has 4 aromatic heterocycles. The Labute approximate surface area is 215 Å². The molecule has 1 fully saturated rings. The van der Waals surface area contributed by atoms with Crippen LogP contribution in [0.4, 0.5) is 10.3 Å². The van der Waals surface area contributed by atoms with Crippen molar-refractivity contribution >= 4 is 44.8 Å². The van der Waals surface area contributed by atoms with Crippen molar-refractivity contribution in [2.24, 2.45) is 0 Å². The van der Waals surface area contributed by atoms with Crippen LogP contribution in [-0.4, -0.2) is 42.2 Å². The van der Waals surface area contributed by atoms with Crippen molar-refractivity contribution < 1.29 is 9.59 Å². The highest BCUT2D eigenvalue weighted by molar-refractivity contribution is 7.15. The molecule has 5 rings (SSSR count). The van der Waals surface area contributed by atoms with Crippen LogP contribution in [0.5, 0.6) is 0 Å². The Bertz CT molecular complexity index is 1210. The highest BCUT2D eigenvalue weighted by atomic mass is 32.1. The standard InChI is InChI=1S/C24H24N8O2S2/c33-19(12-15-4-8-25-9-5-15)27-23-31-29-21(35-23)17-2-1-3-18(14-17)22-30-32-24(36-22)28-20(34)13-16-6-10-26-11-7-16/h4-11,17-18H,1-3,12-14H2,(H,27,31,33)(H,28,32,34). The van der Waals surface area contributed by atoms with Gasteiger partial charge in [0.2, 0.25) is 22.1 Å². The van der Waals surface area contributed by atoms with Crippen LogP contribution in [0.1, 0.15) is 58.7 Å². The molecule has 12 heteroatoms. The number of aromatic nitrogens is 6. The fourth-order valence-electron chi connectivity index (χ4n) is 4.24. The summed E-state index contributed by atoms with van der Waals surface area (Å²) in [7, 11) is 0. The van der Waals surface area contributed by atoms with Gasteiger partial charge in [0.05, 0.1) is 12.8 Å². The molecular weight excluding hydrogens is 496 g/mol. The van der Waals surface area contributed by atoms with E-state index in [1.54, 1.807) is 24.8 Å². The zero-order valence-electron chi connectivity index (χ0n) is 19.3. The van der Waals surface area contributed by atoms with Crippen molar-refractivity contribution in [3.63, 3.8) is 0 Å². The van der Waals surface area contributed by atoms with E-state index in [-0.39, 0.29) is 36.5 Å². The fourth-order valence-corrected chi connectivity index (χ4v) is 6.05. The Morgan fingerprint density at radius 1 is 0.722 bits per heavy atom. The van der Waals surface area contributed by atoms with Gasteiger partial charge < -0.3 is 10.6 Å². The van der Waals surface area contributed by atoms with Gasteiger partial charge in [0.15, 0.2) is 0 Å². The first-order valence-corrected chi connectivity index (χ1v) is 13.3. The third-order valence-electron chi connectivity index (χ3n) is 5.97. The number of carbonyl (C=O) groups excluding carboxylic acids is 2. The third kappa shape index (κ3) is 6.32. The van der Waals surface area contributed by atoms with Gasteiger partial charge in [0, 0.05) is 36.6 Å². The lowest BCUT2D eigenvalue weighted by Crippen LogP contribution is -2.14. The van der Waals surface area contributed by atoms with Crippen molar-refractivity contribution in [1.82, 2.24) is 30.4 Å². The SMILES string of the molecule is O=C(Cc1ccncc1)Nc1nnc(C2CCCC(c3nnc(NC(=O)Cc4ccncc4)s3)C2)s1. The second kappa shape index (κ2) is 11.4. The van der Waals surface area contributed by atoms with E-state index in [1.807, 2.05) is 24.3 Å². The highest BCUT2D eigenvalue weighted by Crippen LogP contribution is 2.43. The van der Waals surface area contributed by atoms with Crippen LogP contribution < -0.4 is 10.6 Å². The fraction of sp³-hybridized carbons (Fsp3) is 0.333. The average molecular weight is 521 g/mol. The number of amides is 2. The third-order valence-corrected chi connectivity index (χ3v) is 7.98. The monoisotopic (exact) mass is 520 g/mol. The van der Waals surface area contributed by atoms with Crippen molar-refractivity contribution in [1.29, 1.82) is 0 Å². The van der Waals surface area contributed by atoms with Crippen molar-refractivity contribution in [3.05, 3.63) is 70.2 Å². The summed E-state index contributed by atoms with van der Waals surface area (Å²) < 4.78 is 0. The summed E-state index contributed by atoms with van der Waals surface area (Å²) in [4.78, 5) is 32.6. The minimum absolute atomic E-state index is 0.127. The van der Waals surface area contributed by atoms with Gasteiger partial charge in [-0.05, 0) is 54.7 Å². The molecule has 0 saturated heterocycles. The summed E-state index contributed by atoms with van der Waals surface area (Å²) in [5.41, 5.74) is 1.79. The number of hydrogen-bond acceptors (Lipinski definition) is 10. The van der Waals surface area contributed by atoms with Crippen LogP contribution >= 0.6 is 22.7 Å². The van der Waals surface area contributed by atoms with E-state index in [1.165, 1.54) is 22.7 Å². The number of carbonyl (C=O) groups is 2. The molecule has 4 heterocycles. The lowest BCUT2D eigenvalue weighted by atomic mass is 9.82. The Kier molecular flexibility index (Phi) is 7.62. The second-order valence-electron chi connectivity index (χ2n) is 8.61. The first-order valence-electron chi connectivity index (χ1n) is 11.7. The van der Waals surface area contributed by atoms with Crippen LogP contribution in [0.15, 0.2) is 49.1 Å². The van der Waals surface area contributed by atoms with E-state index >= 15 is 0 Å². The topological polar surface area (TPSA) is 136 Å². The first kappa shape index (κ1) is 24.1. The molecule has 0 spiro atoms. The summed E-state index contributed by atoms with van der Waals surface area (Å²) in [5, 5.41) is 25.7. The first-order chi connectivity index (χ1) is 17.6. The molecule has 2 N–H and O–H groups in total. The van der Waals surface area contributed by atoms with E-state index in [0.717, 1.165) is 46.8 Å². The van der Waals surface area contributed by atoms with E-state index in [4.69, 9.17) is 0 Å². The van der Waals surface area contributed by atoms with Gasteiger partial charge in [-0.15, -0.1) is 20.4 Å². The number of pyridine rings is 2. The molecule has 1 aliphatic carbocycles. The van der Waals surface area contributed by atoms with E-state index in [0.29, 0.717) is 10.3 Å². The average Bonchev–Trinajstić information content (AvgIpc) is 3.55. The molecular formula is C24H24N8O2S2. The van der Waals surface area contributed by atoms with Crippen LogP contribution in [0.2, 0.25) is 0 Å². The predicted molar refractivity (Wildman–Crippen MR) is 137 cm³/mol. The molecule has 4 aromatic rings. The largest absolute Gasteiger partial charge is 0.300 e. The molecule has 2 atom stereocenters. The molecule has 2 unspecified atom stereocenters. The van der Waals surface area contributed by atoms with Crippen molar-refractivity contribution in [3.8, 4) is 0 Å². The highest BCUT2D eigenvalue weighted by Gasteiger charge is 2.29. The van der Waals surface area contributed by atoms with E-state index in [2.05, 4.69) is 41.0 Å². The Morgan fingerprint density at radius 3 is 1.61 bits per heavy atom. The minimum atomic E-state index is -0.127. The molecule has 0 bridgehead atoms. The van der Waals surface area contributed by atoms with Gasteiger partial charge in [0.25, 0.3) is 0 Å².